The summed E-state index contributed by atoms with van der Waals surface area (Å²) >= 11 is 0. The lowest BCUT2D eigenvalue weighted by atomic mass is 9.78. The molecule has 1 rings (SSSR count). The Balaban J connectivity index is 3.29. The van der Waals surface area contributed by atoms with E-state index in [0.29, 0.717) is 11.6 Å². The molecule has 2 atom stereocenters. The van der Waals surface area contributed by atoms with Crippen LogP contribution in [0.25, 0.3) is 0 Å². The number of allylic oxidation sites excluding steroid dienone is 9. The van der Waals surface area contributed by atoms with Crippen molar-refractivity contribution in [2.24, 2.45) is 11.8 Å². The Hall–Kier alpha value is -1.51. The van der Waals surface area contributed by atoms with Crippen LogP contribution >= 0.6 is 0 Å². The van der Waals surface area contributed by atoms with Gasteiger partial charge in [0.05, 0.1) is 0 Å². The van der Waals surface area contributed by atoms with Crippen LogP contribution < -0.4 is 0 Å². The normalized spacial score (nSPS) is 24.9. The molecule has 0 nitrogen and oxygen atoms in total. The van der Waals surface area contributed by atoms with E-state index in [-0.39, 0.29) is 17.4 Å². The first-order valence-corrected chi connectivity index (χ1v) is 6.35. The van der Waals surface area contributed by atoms with Gasteiger partial charge in [-0.15, -0.1) is 0 Å². The topological polar surface area (TPSA) is 0 Å². The van der Waals surface area contributed by atoms with Gasteiger partial charge in [0.2, 0.25) is 0 Å². The maximum Gasteiger partial charge on any atom is 0.136 e. The first-order chi connectivity index (χ1) is 8.88. The Bertz CT molecular complexity index is 474. The third kappa shape index (κ3) is 3.72. The number of hydrogen-bond acceptors (Lipinski definition) is 0. The zero-order valence-corrected chi connectivity index (χ0v) is 11.5. The number of hydrogen-bond donors (Lipinski definition) is 0. The standard InChI is InChI=1S/C16H19F3/c1-5-13-10(2)7-6-8-14(13)16(12(4)18)15(19)9-11(3)17/h6-10,13H,3,5H2,1-2,4H3/b15-9+,16-12+. The number of halogens is 3. The highest BCUT2D eigenvalue weighted by molar-refractivity contribution is 5.50. The van der Waals surface area contributed by atoms with Gasteiger partial charge in [0, 0.05) is 11.6 Å². The molecule has 0 aliphatic heterocycles. The summed E-state index contributed by atoms with van der Waals surface area (Å²) in [4.78, 5) is 0. The van der Waals surface area contributed by atoms with Gasteiger partial charge in [0.1, 0.15) is 17.5 Å². The van der Waals surface area contributed by atoms with E-state index in [1.807, 2.05) is 19.9 Å². The Labute approximate surface area is 112 Å². The summed E-state index contributed by atoms with van der Waals surface area (Å²) < 4.78 is 40.4. The average molecular weight is 268 g/mol. The first kappa shape index (κ1) is 15.5. The highest BCUT2D eigenvalue weighted by atomic mass is 19.1. The minimum Gasteiger partial charge on any atom is -0.211 e. The summed E-state index contributed by atoms with van der Waals surface area (Å²) in [5, 5.41) is 0. The van der Waals surface area contributed by atoms with Gasteiger partial charge in [-0.2, -0.15) is 0 Å². The third-order valence-electron chi connectivity index (χ3n) is 3.32. The second-order valence-electron chi connectivity index (χ2n) is 4.73. The highest BCUT2D eigenvalue weighted by Crippen LogP contribution is 2.38. The van der Waals surface area contributed by atoms with Crippen molar-refractivity contribution < 1.29 is 13.2 Å². The van der Waals surface area contributed by atoms with E-state index in [2.05, 4.69) is 6.58 Å². The Morgan fingerprint density at radius 2 is 2.00 bits per heavy atom. The smallest absolute Gasteiger partial charge is 0.136 e. The van der Waals surface area contributed by atoms with Crippen molar-refractivity contribution in [1.29, 1.82) is 0 Å². The van der Waals surface area contributed by atoms with Crippen molar-refractivity contribution in [1.82, 2.24) is 0 Å². The maximum absolute atomic E-state index is 14.0. The predicted octanol–water partition coefficient (Wildman–Crippen LogP) is 5.73. The molecule has 0 spiro atoms. The summed E-state index contributed by atoms with van der Waals surface area (Å²) in [6.45, 7) is 8.12. The zero-order valence-electron chi connectivity index (χ0n) is 11.5. The van der Waals surface area contributed by atoms with Crippen molar-refractivity contribution in [3.63, 3.8) is 0 Å². The highest BCUT2D eigenvalue weighted by Gasteiger charge is 2.26. The van der Waals surface area contributed by atoms with Gasteiger partial charge in [0.15, 0.2) is 0 Å². The van der Waals surface area contributed by atoms with Gasteiger partial charge in [-0.25, -0.2) is 13.2 Å². The van der Waals surface area contributed by atoms with Gasteiger partial charge < -0.3 is 0 Å². The van der Waals surface area contributed by atoms with E-state index in [9.17, 15) is 13.2 Å². The summed E-state index contributed by atoms with van der Waals surface area (Å²) in [5.74, 6) is -2.27. The van der Waals surface area contributed by atoms with Crippen molar-refractivity contribution in [3.8, 4) is 0 Å². The van der Waals surface area contributed by atoms with Crippen LogP contribution in [0.15, 0.2) is 59.5 Å². The fraction of sp³-hybridized carbons (Fsp3) is 0.375. The summed E-state index contributed by atoms with van der Waals surface area (Å²) in [7, 11) is 0. The molecule has 0 saturated carbocycles. The Morgan fingerprint density at radius 1 is 1.37 bits per heavy atom. The summed E-state index contributed by atoms with van der Waals surface area (Å²) in [6, 6.07) is 0. The second kappa shape index (κ2) is 6.60. The van der Waals surface area contributed by atoms with Crippen LogP contribution in [0, 0.1) is 11.8 Å². The van der Waals surface area contributed by atoms with E-state index >= 15 is 0 Å². The van der Waals surface area contributed by atoms with E-state index in [1.54, 1.807) is 12.2 Å². The zero-order chi connectivity index (χ0) is 14.6. The molecule has 0 fully saturated rings. The van der Waals surface area contributed by atoms with Crippen LogP contribution in [0.3, 0.4) is 0 Å². The molecule has 0 bridgehead atoms. The molecule has 0 aromatic heterocycles. The molecule has 0 aromatic rings. The molecule has 3 heteroatoms. The SMILES string of the molecule is C=C(F)/C=C(F)\C(C1=CC=CC(C)C1CC)=C(/C)F. The lowest BCUT2D eigenvalue weighted by Gasteiger charge is -2.27. The van der Waals surface area contributed by atoms with Crippen LogP contribution in [0.5, 0.6) is 0 Å². The van der Waals surface area contributed by atoms with E-state index in [4.69, 9.17) is 0 Å². The lowest BCUT2D eigenvalue weighted by molar-refractivity contribution is 0.461. The van der Waals surface area contributed by atoms with Crippen molar-refractivity contribution in [2.75, 3.05) is 0 Å². The first-order valence-electron chi connectivity index (χ1n) is 6.35. The predicted molar refractivity (Wildman–Crippen MR) is 73.4 cm³/mol. The largest absolute Gasteiger partial charge is 0.211 e. The summed E-state index contributed by atoms with van der Waals surface area (Å²) in [6.07, 6.45) is 6.86. The molecule has 104 valence electrons. The number of rotatable bonds is 4. The Morgan fingerprint density at radius 3 is 2.47 bits per heavy atom. The Kier molecular flexibility index (Phi) is 5.40. The van der Waals surface area contributed by atoms with Crippen LogP contribution in [-0.4, -0.2) is 0 Å². The molecule has 19 heavy (non-hydrogen) atoms. The average Bonchev–Trinajstić information content (AvgIpc) is 2.27. The summed E-state index contributed by atoms with van der Waals surface area (Å²) in [5.41, 5.74) is 0.425. The molecule has 2 unspecified atom stereocenters. The molecule has 0 N–H and O–H groups in total. The van der Waals surface area contributed by atoms with Crippen molar-refractivity contribution in [2.45, 2.75) is 27.2 Å². The van der Waals surface area contributed by atoms with Crippen LogP contribution in [0.2, 0.25) is 0 Å². The van der Waals surface area contributed by atoms with E-state index in [0.717, 1.165) is 6.42 Å². The lowest BCUT2D eigenvalue weighted by Crippen LogP contribution is -2.16. The monoisotopic (exact) mass is 268 g/mol. The molecule has 0 radical (unpaired) electrons. The minimum absolute atomic E-state index is 0.0257. The van der Waals surface area contributed by atoms with Gasteiger partial charge in [0.25, 0.3) is 0 Å². The molecular formula is C16H19F3. The molecule has 0 heterocycles. The van der Waals surface area contributed by atoms with Crippen molar-refractivity contribution >= 4 is 0 Å². The molecule has 1 aliphatic carbocycles. The van der Waals surface area contributed by atoms with Crippen LogP contribution in [-0.2, 0) is 0 Å². The van der Waals surface area contributed by atoms with Crippen LogP contribution in [0.4, 0.5) is 13.2 Å². The van der Waals surface area contributed by atoms with Crippen molar-refractivity contribution in [3.05, 3.63) is 59.5 Å². The van der Waals surface area contributed by atoms with Gasteiger partial charge in [-0.3, -0.25) is 0 Å². The molecule has 0 amide bonds. The minimum atomic E-state index is -0.927. The van der Waals surface area contributed by atoms with Gasteiger partial charge >= 0.3 is 0 Å². The maximum atomic E-state index is 14.0. The molecule has 1 aliphatic rings. The third-order valence-corrected chi connectivity index (χ3v) is 3.32. The van der Waals surface area contributed by atoms with Gasteiger partial charge in [-0.1, -0.05) is 38.7 Å². The van der Waals surface area contributed by atoms with E-state index < -0.39 is 17.5 Å². The fourth-order valence-electron chi connectivity index (χ4n) is 2.45. The molecular weight excluding hydrogens is 249 g/mol. The van der Waals surface area contributed by atoms with Crippen LogP contribution in [0.1, 0.15) is 27.2 Å². The second-order valence-corrected chi connectivity index (χ2v) is 4.73. The molecule has 0 aromatic carbocycles. The van der Waals surface area contributed by atoms with Gasteiger partial charge in [-0.05, 0) is 30.8 Å². The quantitative estimate of drug-likeness (QED) is 0.571. The fourth-order valence-corrected chi connectivity index (χ4v) is 2.45. The molecule has 0 saturated heterocycles. The van der Waals surface area contributed by atoms with E-state index in [1.165, 1.54) is 6.92 Å².